The number of alkyl halides is 3. The van der Waals surface area contributed by atoms with Crippen molar-refractivity contribution in [1.29, 1.82) is 0 Å². The highest BCUT2D eigenvalue weighted by atomic mass is 35.5. The lowest BCUT2D eigenvalue weighted by molar-refractivity contribution is -0.175. The van der Waals surface area contributed by atoms with Crippen LogP contribution in [0.15, 0.2) is 24.3 Å². The zero-order valence-corrected chi connectivity index (χ0v) is 14.5. The highest BCUT2D eigenvalue weighted by Crippen LogP contribution is 2.26. The molecule has 1 N–H and O–H groups in total. The first-order chi connectivity index (χ1) is 11.3. The van der Waals surface area contributed by atoms with Gasteiger partial charge in [0.15, 0.2) is 0 Å². The number of nitrogens with zero attached hydrogens (tertiary/aromatic N) is 1. The Morgan fingerprint density at radius 3 is 2.46 bits per heavy atom. The third kappa shape index (κ3) is 7.07. The molecule has 1 rings (SSSR count). The Kier molecular flexibility index (Phi) is 8.52. The van der Waals surface area contributed by atoms with Crippen molar-refractivity contribution in [1.82, 2.24) is 10.2 Å². The molecule has 24 heavy (non-hydrogen) atoms. The number of hydrogen-bond donors (Lipinski definition) is 1. The van der Waals surface area contributed by atoms with Crippen molar-refractivity contribution >= 4 is 17.5 Å². The molecule has 0 aliphatic heterocycles. The van der Waals surface area contributed by atoms with Gasteiger partial charge in [0.1, 0.15) is 13.2 Å². The molecule has 0 spiro atoms. The minimum absolute atomic E-state index is 0.166. The molecule has 0 saturated carbocycles. The largest absolute Gasteiger partial charge is 0.411 e. The summed E-state index contributed by atoms with van der Waals surface area (Å²) in [6.45, 7) is 3.62. The van der Waals surface area contributed by atoms with Crippen molar-refractivity contribution in [3.05, 3.63) is 34.9 Å². The average molecular weight is 367 g/mol. The van der Waals surface area contributed by atoms with Crippen LogP contribution in [0, 0.1) is 0 Å². The van der Waals surface area contributed by atoms with Gasteiger partial charge in [-0.25, -0.2) is 0 Å². The van der Waals surface area contributed by atoms with Crippen LogP contribution < -0.4 is 5.32 Å². The Morgan fingerprint density at radius 2 is 1.92 bits per heavy atom. The molecular formula is C16H22ClF3N2O2. The van der Waals surface area contributed by atoms with Gasteiger partial charge in [-0.1, -0.05) is 43.6 Å². The molecule has 0 aliphatic carbocycles. The van der Waals surface area contributed by atoms with Crippen LogP contribution >= 0.6 is 11.6 Å². The van der Waals surface area contributed by atoms with Gasteiger partial charge < -0.3 is 10.1 Å². The maximum Gasteiger partial charge on any atom is 0.411 e. The predicted molar refractivity (Wildman–Crippen MR) is 87.0 cm³/mol. The van der Waals surface area contributed by atoms with Crippen LogP contribution in [0.25, 0.3) is 0 Å². The van der Waals surface area contributed by atoms with Crippen molar-refractivity contribution in [3.8, 4) is 0 Å². The fourth-order valence-corrected chi connectivity index (χ4v) is 2.63. The van der Waals surface area contributed by atoms with Crippen molar-refractivity contribution in [3.63, 3.8) is 0 Å². The Hall–Kier alpha value is -1.31. The van der Waals surface area contributed by atoms with Crippen LogP contribution in [0.5, 0.6) is 0 Å². The Morgan fingerprint density at radius 1 is 1.29 bits per heavy atom. The van der Waals surface area contributed by atoms with Gasteiger partial charge in [0.25, 0.3) is 0 Å². The van der Waals surface area contributed by atoms with E-state index in [1.807, 2.05) is 32.0 Å². The molecule has 0 aliphatic rings. The van der Waals surface area contributed by atoms with Crippen LogP contribution in [0.1, 0.15) is 25.5 Å². The maximum absolute atomic E-state index is 12.0. The van der Waals surface area contributed by atoms with E-state index in [-0.39, 0.29) is 12.6 Å². The fourth-order valence-electron chi connectivity index (χ4n) is 2.37. The van der Waals surface area contributed by atoms with E-state index in [0.717, 1.165) is 18.7 Å². The summed E-state index contributed by atoms with van der Waals surface area (Å²) >= 11 is 6.24. The summed E-state index contributed by atoms with van der Waals surface area (Å²) in [5.74, 6) is -0.594. The van der Waals surface area contributed by atoms with Crippen molar-refractivity contribution in [2.24, 2.45) is 0 Å². The van der Waals surface area contributed by atoms with Gasteiger partial charge in [-0.05, 0) is 24.7 Å². The summed E-state index contributed by atoms with van der Waals surface area (Å²) < 4.78 is 40.4. The highest BCUT2D eigenvalue weighted by molar-refractivity contribution is 6.31. The maximum atomic E-state index is 12.0. The lowest BCUT2D eigenvalue weighted by Crippen LogP contribution is -2.39. The van der Waals surface area contributed by atoms with Gasteiger partial charge in [0, 0.05) is 11.6 Å². The van der Waals surface area contributed by atoms with Crippen LogP contribution in [0.4, 0.5) is 13.2 Å². The quantitative estimate of drug-likeness (QED) is 0.728. The second-order valence-corrected chi connectivity index (χ2v) is 5.58. The summed E-state index contributed by atoms with van der Waals surface area (Å²) in [7, 11) is 0. The monoisotopic (exact) mass is 366 g/mol. The van der Waals surface area contributed by atoms with Gasteiger partial charge >= 0.3 is 6.18 Å². The highest BCUT2D eigenvalue weighted by Gasteiger charge is 2.28. The SMILES string of the molecule is CCN(CC)C(CNC(=O)COCC(F)(F)F)c1ccccc1Cl. The fraction of sp³-hybridized carbons (Fsp3) is 0.562. The first-order valence-corrected chi connectivity index (χ1v) is 8.06. The first kappa shape index (κ1) is 20.7. The van der Waals surface area contributed by atoms with Gasteiger partial charge in [-0.3, -0.25) is 9.69 Å². The zero-order valence-electron chi connectivity index (χ0n) is 13.7. The number of amides is 1. The second kappa shape index (κ2) is 9.86. The number of carbonyl (C=O) groups is 1. The van der Waals surface area contributed by atoms with E-state index in [9.17, 15) is 18.0 Å². The molecule has 1 amide bonds. The number of rotatable bonds is 9. The zero-order chi connectivity index (χ0) is 18.2. The van der Waals surface area contributed by atoms with E-state index in [1.54, 1.807) is 6.07 Å². The second-order valence-electron chi connectivity index (χ2n) is 5.17. The molecule has 1 unspecified atom stereocenters. The molecule has 0 fully saturated rings. The smallest absolute Gasteiger partial charge is 0.362 e. The Balaban J connectivity index is 2.66. The summed E-state index contributed by atoms with van der Waals surface area (Å²) in [6.07, 6.45) is -4.44. The molecule has 0 bridgehead atoms. The number of carbonyl (C=O) groups excluding carboxylic acids is 1. The van der Waals surface area contributed by atoms with Crippen molar-refractivity contribution < 1.29 is 22.7 Å². The molecule has 8 heteroatoms. The van der Waals surface area contributed by atoms with E-state index in [2.05, 4.69) is 15.0 Å². The van der Waals surface area contributed by atoms with E-state index in [4.69, 9.17) is 11.6 Å². The molecule has 1 aromatic carbocycles. The minimum atomic E-state index is -4.44. The summed E-state index contributed by atoms with van der Waals surface area (Å²) in [5, 5.41) is 3.19. The average Bonchev–Trinajstić information content (AvgIpc) is 2.51. The molecule has 1 atom stereocenters. The van der Waals surface area contributed by atoms with E-state index < -0.39 is 25.3 Å². The number of nitrogens with one attached hydrogen (secondary N) is 1. The third-order valence-electron chi connectivity index (χ3n) is 3.51. The van der Waals surface area contributed by atoms with Crippen molar-refractivity contribution in [2.45, 2.75) is 26.1 Å². The molecule has 0 radical (unpaired) electrons. The topological polar surface area (TPSA) is 41.6 Å². The predicted octanol–water partition coefficient (Wildman–Crippen LogP) is 3.42. The number of likely N-dealkylation sites (N-methyl/N-ethyl adjacent to an activating group) is 1. The summed E-state index contributed by atoms with van der Waals surface area (Å²) in [6, 6.07) is 7.14. The first-order valence-electron chi connectivity index (χ1n) is 7.68. The van der Waals surface area contributed by atoms with Crippen molar-refractivity contribution in [2.75, 3.05) is 32.8 Å². The molecule has 4 nitrogen and oxygen atoms in total. The normalized spacial score (nSPS) is 13.1. The molecule has 0 saturated heterocycles. The number of hydrogen-bond acceptors (Lipinski definition) is 3. The number of benzene rings is 1. The standard InChI is InChI=1S/C16H22ClF3N2O2/c1-3-22(4-2)14(12-7-5-6-8-13(12)17)9-21-15(23)10-24-11-16(18,19)20/h5-8,14H,3-4,9-11H2,1-2H3,(H,21,23). The van der Waals surface area contributed by atoms with Crippen LogP contribution in [0.3, 0.4) is 0 Å². The Bertz CT molecular complexity index is 522. The molecule has 1 aromatic rings. The van der Waals surface area contributed by atoms with Crippen LogP contribution in [-0.4, -0.2) is 49.8 Å². The van der Waals surface area contributed by atoms with Crippen LogP contribution in [0.2, 0.25) is 5.02 Å². The molecule has 0 aromatic heterocycles. The Labute approximate surface area is 144 Å². The number of halogens is 4. The molecule has 136 valence electrons. The molecule has 0 heterocycles. The minimum Gasteiger partial charge on any atom is -0.362 e. The van der Waals surface area contributed by atoms with E-state index in [1.165, 1.54) is 0 Å². The number of ether oxygens (including phenoxy) is 1. The van der Waals surface area contributed by atoms with Crippen LogP contribution in [-0.2, 0) is 9.53 Å². The van der Waals surface area contributed by atoms with E-state index >= 15 is 0 Å². The van der Waals surface area contributed by atoms with Gasteiger partial charge in [-0.2, -0.15) is 13.2 Å². The van der Waals surface area contributed by atoms with Gasteiger partial charge in [0.2, 0.25) is 5.91 Å². The lowest BCUT2D eigenvalue weighted by Gasteiger charge is -2.30. The lowest BCUT2D eigenvalue weighted by atomic mass is 10.0. The van der Waals surface area contributed by atoms with Gasteiger partial charge in [-0.15, -0.1) is 0 Å². The summed E-state index contributed by atoms with van der Waals surface area (Å²) in [4.78, 5) is 13.8. The van der Waals surface area contributed by atoms with Gasteiger partial charge in [0.05, 0.1) is 6.04 Å². The third-order valence-corrected chi connectivity index (χ3v) is 3.85. The van der Waals surface area contributed by atoms with E-state index in [0.29, 0.717) is 5.02 Å². The summed E-state index contributed by atoms with van der Waals surface area (Å²) in [5.41, 5.74) is 0.861. The molecular weight excluding hydrogens is 345 g/mol.